The Morgan fingerprint density at radius 2 is 1.81 bits per heavy atom. The number of thioether (sulfide) groups is 1. The molecule has 2 heterocycles. The third-order valence-corrected chi connectivity index (χ3v) is 7.91. The van der Waals surface area contributed by atoms with Crippen LogP contribution in [0.25, 0.3) is 5.69 Å². The van der Waals surface area contributed by atoms with Crippen molar-refractivity contribution in [2.24, 2.45) is 0 Å². The number of aryl methyl sites for hydroxylation is 1. The van der Waals surface area contributed by atoms with Gasteiger partial charge in [-0.25, -0.2) is 8.42 Å². The molecule has 1 aromatic heterocycles. The Hall–Kier alpha value is -2.12. The Morgan fingerprint density at radius 1 is 1.07 bits per heavy atom. The van der Waals surface area contributed by atoms with Crippen molar-refractivity contribution in [2.75, 3.05) is 11.5 Å². The van der Waals surface area contributed by atoms with Crippen LogP contribution in [0, 0.1) is 6.92 Å². The lowest BCUT2D eigenvalue weighted by atomic mass is 10.1. The van der Waals surface area contributed by atoms with E-state index in [-0.39, 0.29) is 16.8 Å². The van der Waals surface area contributed by atoms with Crippen LogP contribution in [-0.4, -0.2) is 39.9 Å². The first kappa shape index (κ1) is 18.3. The highest BCUT2D eigenvalue weighted by Gasteiger charge is 2.30. The van der Waals surface area contributed by atoms with Crippen LogP contribution in [0.3, 0.4) is 0 Å². The third kappa shape index (κ3) is 4.09. The first-order valence-corrected chi connectivity index (χ1v) is 11.6. The molecule has 4 rings (SSSR count). The molecule has 0 N–H and O–H groups in total. The van der Waals surface area contributed by atoms with E-state index < -0.39 is 9.84 Å². The molecule has 0 amide bonds. The van der Waals surface area contributed by atoms with Crippen molar-refractivity contribution in [2.45, 2.75) is 30.2 Å². The summed E-state index contributed by atoms with van der Waals surface area (Å²) in [4.78, 5) is 0. The first-order valence-electron chi connectivity index (χ1n) is 8.93. The molecule has 1 aliphatic heterocycles. The Morgan fingerprint density at radius 3 is 2.52 bits per heavy atom. The number of rotatable bonds is 5. The molecular formula is C20H21N3O2S2. The van der Waals surface area contributed by atoms with Crippen LogP contribution in [-0.2, 0) is 16.3 Å². The fourth-order valence-corrected chi connectivity index (χ4v) is 6.85. The Bertz CT molecular complexity index is 1050. The molecule has 1 saturated heterocycles. The molecule has 0 aliphatic carbocycles. The zero-order valence-electron chi connectivity index (χ0n) is 15.1. The lowest BCUT2D eigenvalue weighted by molar-refractivity contribution is 0.602. The summed E-state index contributed by atoms with van der Waals surface area (Å²) in [7, 11) is -2.92. The van der Waals surface area contributed by atoms with Gasteiger partial charge in [-0.3, -0.25) is 4.57 Å². The monoisotopic (exact) mass is 399 g/mol. The van der Waals surface area contributed by atoms with Crippen LogP contribution in [0.2, 0.25) is 0 Å². The van der Waals surface area contributed by atoms with E-state index in [1.54, 1.807) is 0 Å². The van der Waals surface area contributed by atoms with Crippen molar-refractivity contribution in [3.63, 3.8) is 0 Å². The van der Waals surface area contributed by atoms with Crippen LogP contribution in [0.4, 0.5) is 0 Å². The first-order chi connectivity index (χ1) is 13.0. The van der Waals surface area contributed by atoms with Gasteiger partial charge in [-0.15, -0.1) is 10.2 Å². The largest absolute Gasteiger partial charge is 0.273 e. The van der Waals surface area contributed by atoms with Gasteiger partial charge < -0.3 is 0 Å². The van der Waals surface area contributed by atoms with Gasteiger partial charge in [0.05, 0.1) is 17.2 Å². The summed E-state index contributed by atoms with van der Waals surface area (Å²) >= 11 is 1.53. The predicted molar refractivity (Wildman–Crippen MR) is 108 cm³/mol. The summed E-state index contributed by atoms with van der Waals surface area (Å²) in [6.07, 6.45) is 1.34. The van der Waals surface area contributed by atoms with E-state index in [0.717, 1.165) is 22.2 Å². The van der Waals surface area contributed by atoms with Gasteiger partial charge in [0, 0.05) is 11.7 Å². The standard InChI is InChI=1S/C20H21N3O2S2/c1-15-7-5-6-10-18(15)23-19(13-16-8-3-2-4-9-16)21-22-20(23)26-17-11-12-27(24,25)14-17/h2-10,17H,11-14H2,1H3. The molecule has 3 aromatic rings. The number of benzene rings is 2. The Balaban J connectivity index is 1.72. The molecule has 1 unspecified atom stereocenters. The summed E-state index contributed by atoms with van der Waals surface area (Å²) in [5.41, 5.74) is 3.34. The summed E-state index contributed by atoms with van der Waals surface area (Å²) in [6.45, 7) is 2.07. The Labute approximate surface area is 163 Å². The molecule has 1 aliphatic rings. The zero-order valence-corrected chi connectivity index (χ0v) is 16.7. The molecule has 0 bridgehead atoms. The number of sulfone groups is 1. The van der Waals surface area contributed by atoms with Crippen molar-refractivity contribution < 1.29 is 8.42 Å². The number of hydrogen-bond acceptors (Lipinski definition) is 5. The van der Waals surface area contributed by atoms with Gasteiger partial charge in [0.15, 0.2) is 15.0 Å². The third-order valence-electron chi connectivity index (χ3n) is 4.72. The molecule has 27 heavy (non-hydrogen) atoms. The number of nitrogens with zero attached hydrogens (tertiary/aromatic N) is 3. The molecule has 0 spiro atoms. The molecule has 0 saturated carbocycles. The van der Waals surface area contributed by atoms with Gasteiger partial charge in [0.25, 0.3) is 0 Å². The van der Waals surface area contributed by atoms with Gasteiger partial charge in [-0.05, 0) is 30.5 Å². The van der Waals surface area contributed by atoms with E-state index >= 15 is 0 Å². The van der Waals surface area contributed by atoms with E-state index in [0.29, 0.717) is 12.8 Å². The quantitative estimate of drug-likeness (QED) is 0.657. The molecular weight excluding hydrogens is 378 g/mol. The smallest absolute Gasteiger partial charge is 0.196 e. The van der Waals surface area contributed by atoms with Crippen LogP contribution >= 0.6 is 11.8 Å². The lowest BCUT2D eigenvalue weighted by Crippen LogP contribution is -2.09. The van der Waals surface area contributed by atoms with Gasteiger partial charge in [0.1, 0.15) is 5.82 Å². The lowest BCUT2D eigenvalue weighted by Gasteiger charge is -2.14. The highest BCUT2D eigenvalue weighted by atomic mass is 32.2. The minimum absolute atomic E-state index is 0.0338. The molecule has 1 atom stereocenters. The van der Waals surface area contributed by atoms with Gasteiger partial charge in [0.2, 0.25) is 0 Å². The minimum atomic E-state index is -2.92. The second-order valence-corrected chi connectivity index (χ2v) is 10.3. The summed E-state index contributed by atoms with van der Waals surface area (Å²) in [5.74, 6) is 1.34. The van der Waals surface area contributed by atoms with Crippen molar-refractivity contribution in [3.8, 4) is 5.69 Å². The average molecular weight is 400 g/mol. The van der Waals surface area contributed by atoms with E-state index in [4.69, 9.17) is 0 Å². The molecule has 1 fully saturated rings. The topological polar surface area (TPSA) is 64.8 Å². The summed E-state index contributed by atoms with van der Waals surface area (Å²) < 4.78 is 25.7. The second-order valence-electron chi connectivity index (χ2n) is 6.83. The van der Waals surface area contributed by atoms with E-state index in [1.165, 1.54) is 17.3 Å². The minimum Gasteiger partial charge on any atom is -0.273 e. The highest BCUT2D eigenvalue weighted by molar-refractivity contribution is 8.01. The van der Waals surface area contributed by atoms with Crippen LogP contribution < -0.4 is 0 Å². The molecule has 7 heteroatoms. The molecule has 5 nitrogen and oxygen atoms in total. The Kier molecular flexibility index (Phi) is 5.06. The zero-order chi connectivity index (χ0) is 18.9. The maximum Gasteiger partial charge on any atom is 0.196 e. The van der Waals surface area contributed by atoms with Crippen LogP contribution in [0.5, 0.6) is 0 Å². The molecule has 2 aromatic carbocycles. The fraction of sp³-hybridized carbons (Fsp3) is 0.300. The number of para-hydroxylation sites is 1. The van der Waals surface area contributed by atoms with Crippen molar-refractivity contribution in [3.05, 3.63) is 71.5 Å². The summed E-state index contributed by atoms with van der Waals surface area (Å²) in [5, 5.41) is 9.67. The molecule has 140 valence electrons. The van der Waals surface area contributed by atoms with Gasteiger partial charge in [-0.2, -0.15) is 0 Å². The predicted octanol–water partition coefficient (Wildman–Crippen LogP) is 3.45. The number of aromatic nitrogens is 3. The van der Waals surface area contributed by atoms with Crippen molar-refractivity contribution >= 4 is 21.6 Å². The van der Waals surface area contributed by atoms with Crippen molar-refractivity contribution in [1.29, 1.82) is 0 Å². The van der Waals surface area contributed by atoms with E-state index in [2.05, 4.69) is 46.0 Å². The second kappa shape index (κ2) is 7.48. The van der Waals surface area contributed by atoms with Gasteiger partial charge in [-0.1, -0.05) is 60.3 Å². The maximum atomic E-state index is 11.8. The van der Waals surface area contributed by atoms with Crippen LogP contribution in [0.1, 0.15) is 23.4 Å². The maximum absolute atomic E-state index is 11.8. The highest BCUT2D eigenvalue weighted by Crippen LogP contribution is 2.32. The van der Waals surface area contributed by atoms with Crippen LogP contribution in [0.15, 0.2) is 59.8 Å². The summed E-state index contributed by atoms with van der Waals surface area (Å²) in [6, 6.07) is 18.3. The number of hydrogen-bond donors (Lipinski definition) is 0. The fourth-order valence-electron chi connectivity index (χ4n) is 3.33. The van der Waals surface area contributed by atoms with Gasteiger partial charge >= 0.3 is 0 Å². The van der Waals surface area contributed by atoms with E-state index in [9.17, 15) is 8.42 Å². The average Bonchev–Trinajstić information content (AvgIpc) is 3.19. The van der Waals surface area contributed by atoms with Crippen molar-refractivity contribution in [1.82, 2.24) is 14.8 Å². The normalized spacial score (nSPS) is 18.6. The SMILES string of the molecule is Cc1ccccc1-n1c(Cc2ccccc2)nnc1SC1CCS(=O)(=O)C1. The molecule has 0 radical (unpaired) electrons. The van der Waals surface area contributed by atoms with E-state index in [1.807, 2.05) is 30.3 Å².